The van der Waals surface area contributed by atoms with Gasteiger partial charge in [0.25, 0.3) is 0 Å². The van der Waals surface area contributed by atoms with E-state index in [0.717, 1.165) is 5.56 Å². The van der Waals surface area contributed by atoms with Crippen molar-refractivity contribution in [2.75, 3.05) is 13.2 Å². The number of rotatable bonds is 12. The van der Waals surface area contributed by atoms with Crippen LogP contribution in [0.3, 0.4) is 0 Å². The smallest absolute Gasteiger partial charge is 0.437 e. The van der Waals surface area contributed by atoms with Gasteiger partial charge < -0.3 is 14.3 Å². The van der Waals surface area contributed by atoms with Gasteiger partial charge >= 0.3 is 6.18 Å². The summed E-state index contributed by atoms with van der Waals surface area (Å²) < 4.78 is 51.4. The normalized spacial score (nSPS) is 12.8. The topological polar surface area (TPSA) is 40.0 Å². The number of hydrogen-bond acceptors (Lipinski definition) is 4. The average molecular weight is 573 g/mol. The number of hydrogen-bond donors (Lipinski definition) is 0. The van der Waals surface area contributed by atoms with E-state index in [4.69, 9.17) is 60.7 Å². The second kappa shape index (κ2) is 14.1. The summed E-state index contributed by atoms with van der Waals surface area (Å²) in [6.07, 6.45) is -1.87. The Bertz CT molecular complexity index is 1000. The molecule has 1 atom stereocenters. The van der Waals surface area contributed by atoms with Crippen LogP contribution in [-0.4, -0.2) is 31.2 Å². The zero-order chi connectivity index (χ0) is 26.0. The fraction of sp³-hybridized carbons (Fsp3) is 0.375. The van der Waals surface area contributed by atoms with E-state index in [1.165, 1.54) is 18.2 Å². The van der Waals surface area contributed by atoms with E-state index in [0.29, 0.717) is 37.4 Å². The van der Waals surface area contributed by atoms with Gasteiger partial charge in [0.05, 0.1) is 16.7 Å². The van der Waals surface area contributed by atoms with Crippen LogP contribution >= 0.6 is 46.4 Å². The number of oxime groups is 1. The van der Waals surface area contributed by atoms with Gasteiger partial charge in [-0.05, 0) is 37.8 Å². The molecular weight excluding hydrogens is 549 g/mol. The Labute approximate surface area is 222 Å². The van der Waals surface area contributed by atoms with Crippen LogP contribution in [0.4, 0.5) is 13.2 Å². The fourth-order valence-electron chi connectivity index (χ4n) is 2.72. The lowest BCUT2D eigenvalue weighted by atomic mass is 10.0. The largest absolute Gasteiger partial charge is 0.490 e. The van der Waals surface area contributed by atoms with Crippen molar-refractivity contribution in [2.24, 2.45) is 5.16 Å². The molecule has 0 heterocycles. The standard InChI is InChI=1S/C24H24Cl4F3NO3/c1-3-15(2)35-32-23(24(29,30)31)17-8-6-16(7-9-17)5-4-11-34-22-19(25)13-18(14-20(22)26)33-12-10-21(27)28/h6-10,13-15H,3-5,11-12H2,1-2H3. The number of ether oxygens (including phenoxy) is 2. The highest BCUT2D eigenvalue weighted by molar-refractivity contribution is 6.55. The van der Waals surface area contributed by atoms with Gasteiger partial charge in [0.2, 0.25) is 0 Å². The molecule has 192 valence electrons. The number of benzene rings is 2. The molecule has 2 rings (SSSR count). The van der Waals surface area contributed by atoms with Crippen LogP contribution in [0.5, 0.6) is 11.5 Å². The zero-order valence-corrected chi connectivity index (χ0v) is 22.0. The molecule has 0 amide bonds. The first-order valence-electron chi connectivity index (χ1n) is 10.7. The van der Waals surface area contributed by atoms with Crippen molar-refractivity contribution in [3.05, 3.63) is 68.1 Å². The summed E-state index contributed by atoms with van der Waals surface area (Å²) in [7, 11) is 0. The summed E-state index contributed by atoms with van der Waals surface area (Å²) in [6.45, 7) is 3.90. The van der Waals surface area contributed by atoms with Crippen LogP contribution in [0.15, 0.2) is 52.1 Å². The maximum Gasteiger partial charge on any atom is 0.437 e. The molecule has 0 N–H and O–H groups in total. The average Bonchev–Trinajstić information content (AvgIpc) is 2.77. The van der Waals surface area contributed by atoms with Gasteiger partial charge in [-0.15, -0.1) is 0 Å². The molecule has 0 bridgehead atoms. The predicted octanol–water partition coefficient (Wildman–Crippen LogP) is 8.78. The number of aryl methyl sites for hydroxylation is 1. The van der Waals surface area contributed by atoms with Crippen LogP contribution < -0.4 is 9.47 Å². The third-order valence-corrected chi connectivity index (χ3v) is 5.58. The lowest BCUT2D eigenvalue weighted by Crippen LogP contribution is -2.25. The molecule has 0 aromatic heterocycles. The molecule has 2 aromatic rings. The van der Waals surface area contributed by atoms with Crippen LogP contribution in [0.2, 0.25) is 10.0 Å². The molecular formula is C24H24Cl4F3NO3. The van der Waals surface area contributed by atoms with Crippen LogP contribution in [0, 0.1) is 0 Å². The minimum Gasteiger partial charge on any atom is -0.490 e. The summed E-state index contributed by atoms with van der Waals surface area (Å²) in [5.41, 5.74) is -0.287. The quantitative estimate of drug-likeness (QED) is 0.145. The van der Waals surface area contributed by atoms with Crippen molar-refractivity contribution in [2.45, 2.75) is 45.4 Å². The lowest BCUT2D eigenvalue weighted by Gasteiger charge is -2.13. The van der Waals surface area contributed by atoms with Gasteiger partial charge in [0.15, 0.2) is 11.5 Å². The van der Waals surface area contributed by atoms with E-state index < -0.39 is 18.0 Å². The van der Waals surface area contributed by atoms with Gasteiger partial charge in [0, 0.05) is 17.7 Å². The fourth-order valence-corrected chi connectivity index (χ4v) is 3.43. The molecule has 0 aliphatic heterocycles. The van der Waals surface area contributed by atoms with Crippen LogP contribution in [0.1, 0.15) is 37.8 Å². The molecule has 35 heavy (non-hydrogen) atoms. The molecule has 1 unspecified atom stereocenters. The van der Waals surface area contributed by atoms with Crippen molar-refractivity contribution >= 4 is 52.1 Å². The van der Waals surface area contributed by atoms with Crippen molar-refractivity contribution in [1.82, 2.24) is 0 Å². The van der Waals surface area contributed by atoms with Crippen molar-refractivity contribution in [3.8, 4) is 11.5 Å². The van der Waals surface area contributed by atoms with E-state index in [9.17, 15) is 13.2 Å². The van der Waals surface area contributed by atoms with E-state index in [1.807, 2.05) is 0 Å². The molecule has 0 fully saturated rings. The molecule has 0 spiro atoms. The van der Waals surface area contributed by atoms with Crippen molar-refractivity contribution in [3.63, 3.8) is 0 Å². The third kappa shape index (κ3) is 10.00. The lowest BCUT2D eigenvalue weighted by molar-refractivity contribution is -0.0630. The summed E-state index contributed by atoms with van der Waals surface area (Å²) in [4.78, 5) is 4.95. The van der Waals surface area contributed by atoms with E-state index in [2.05, 4.69) is 5.16 Å². The van der Waals surface area contributed by atoms with Gasteiger partial charge in [-0.2, -0.15) is 13.2 Å². The number of alkyl halides is 3. The molecule has 0 aliphatic carbocycles. The highest BCUT2D eigenvalue weighted by Crippen LogP contribution is 2.37. The highest BCUT2D eigenvalue weighted by Gasteiger charge is 2.38. The monoisotopic (exact) mass is 571 g/mol. The van der Waals surface area contributed by atoms with Gasteiger partial charge in [-0.1, -0.05) is 82.7 Å². The molecule has 11 heteroatoms. The Kier molecular flexibility index (Phi) is 11.8. The Morgan fingerprint density at radius 3 is 2.23 bits per heavy atom. The van der Waals surface area contributed by atoms with E-state index in [1.54, 1.807) is 38.1 Å². The van der Waals surface area contributed by atoms with Crippen molar-refractivity contribution < 1.29 is 27.5 Å². The van der Waals surface area contributed by atoms with Gasteiger partial charge in [0.1, 0.15) is 23.0 Å². The second-order valence-electron chi connectivity index (χ2n) is 7.43. The Morgan fingerprint density at radius 1 is 1.06 bits per heavy atom. The molecule has 0 saturated heterocycles. The minimum atomic E-state index is -4.63. The molecule has 4 nitrogen and oxygen atoms in total. The maximum atomic E-state index is 13.4. The Morgan fingerprint density at radius 2 is 1.69 bits per heavy atom. The summed E-state index contributed by atoms with van der Waals surface area (Å²) >= 11 is 23.5. The summed E-state index contributed by atoms with van der Waals surface area (Å²) in [6, 6.07) is 9.11. The van der Waals surface area contributed by atoms with E-state index >= 15 is 0 Å². The highest BCUT2D eigenvalue weighted by atomic mass is 35.5. The Hall–Kier alpha value is -1.80. The molecule has 0 aliphatic rings. The molecule has 2 aromatic carbocycles. The van der Waals surface area contributed by atoms with Gasteiger partial charge in [-0.25, -0.2) is 0 Å². The second-order valence-corrected chi connectivity index (χ2v) is 9.25. The minimum absolute atomic E-state index is 0.0644. The van der Waals surface area contributed by atoms with Gasteiger partial charge in [-0.3, -0.25) is 0 Å². The molecule has 0 saturated carbocycles. The van der Waals surface area contributed by atoms with E-state index in [-0.39, 0.29) is 26.7 Å². The predicted molar refractivity (Wildman–Crippen MR) is 135 cm³/mol. The first-order valence-corrected chi connectivity index (χ1v) is 12.2. The van der Waals surface area contributed by atoms with Crippen LogP contribution in [-0.2, 0) is 11.3 Å². The molecule has 0 radical (unpaired) electrons. The third-order valence-electron chi connectivity index (χ3n) is 4.71. The number of halogens is 7. The Balaban J connectivity index is 1.93. The first-order chi connectivity index (χ1) is 16.5. The maximum absolute atomic E-state index is 13.4. The first kappa shape index (κ1) is 29.4. The van der Waals surface area contributed by atoms with Crippen LogP contribution in [0.25, 0.3) is 0 Å². The number of nitrogens with zero attached hydrogens (tertiary/aromatic N) is 1. The zero-order valence-electron chi connectivity index (χ0n) is 19.0. The van der Waals surface area contributed by atoms with Crippen molar-refractivity contribution in [1.29, 1.82) is 0 Å². The summed E-state index contributed by atoms with van der Waals surface area (Å²) in [5, 5.41) is 3.89. The summed E-state index contributed by atoms with van der Waals surface area (Å²) in [5.74, 6) is 0.740. The SMILES string of the molecule is CCC(C)ON=C(c1ccc(CCCOc2c(Cl)cc(OCC=C(Cl)Cl)cc2Cl)cc1)C(F)(F)F.